The molecule has 0 saturated heterocycles. The maximum atomic E-state index is 5.12. The van der Waals surface area contributed by atoms with Crippen molar-refractivity contribution < 1.29 is 0 Å². The van der Waals surface area contributed by atoms with Crippen molar-refractivity contribution in [3.63, 3.8) is 0 Å². The van der Waals surface area contributed by atoms with E-state index in [1.54, 1.807) is 0 Å². The lowest BCUT2D eigenvalue weighted by molar-refractivity contribution is 0.632. The summed E-state index contributed by atoms with van der Waals surface area (Å²) < 4.78 is 2.41. The molecule has 0 unspecified atom stereocenters. The number of benzene rings is 8. The van der Waals surface area contributed by atoms with Crippen molar-refractivity contribution in [3.8, 4) is 50.7 Å². The normalized spacial score (nSPS) is 13.0. The molecule has 1 aliphatic heterocycles. The van der Waals surface area contributed by atoms with E-state index < -0.39 is 0 Å². The van der Waals surface area contributed by atoms with Crippen molar-refractivity contribution in [2.75, 3.05) is 4.90 Å². The number of para-hydroxylation sites is 3. The lowest BCUT2D eigenvalue weighted by Gasteiger charge is -2.42. The van der Waals surface area contributed by atoms with Crippen LogP contribution in [0.1, 0.15) is 25.0 Å². The van der Waals surface area contributed by atoms with Crippen LogP contribution in [0.2, 0.25) is 0 Å². The first-order valence-electron chi connectivity index (χ1n) is 20.2. The van der Waals surface area contributed by atoms with E-state index >= 15 is 0 Å². The number of hydrogen-bond acceptors (Lipinski definition) is 3. The molecule has 0 atom stereocenters. The molecule has 0 N–H and O–H groups in total. The van der Waals surface area contributed by atoms with Gasteiger partial charge in [-0.15, -0.1) is 0 Å². The smallest absolute Gasteiger partial charge is 0.160 e. The first kappa shape index (κ1) is 34.7. The van der Waals surface area contributed by atoms with E-state index in [0.29, 0.717) is 5.82 Å². The van der Waals surface area contributed by atoms with Gasteiger partial charge in [-0.2, -0.15) is 0 Å². The minimum absolute atomic E-state index is 0.115. The quantitative estimate of drug-likeness (QED) is 0.169. The van der Waals surface area contributed by atoms with Gasteiger partial charge >= 0.3 is 0 Å². The molecule has 280 valence electrons. The number of aromatic nitrogens is 3. The Balaban J connectivity index is 1.02. The van der Waals surface area contributed by atoms with E-state index in [-0.39, 0.29) is 5.41 Å². The lowest BCUT2D eigenvalue weighted by Crippen LogP contribution is -2.30. The molecule has 0 spiro atoms. The number of anilines is 3. The summed E-state index contributed by atoms with van der Waals surface area (Å²) in [6, 6.07) is 73.7. The van der Waals surface area contributed by atoms with Crippen molar-refractivity contribution in [3.05, 3.63) is 217 Å². The molecular weight excluding hydrogens is 717 g/mol. The highest BCUT2D eigenvalue weighted by Gasteiger charge is 2.36. The zero-order valence-corrected chi connectivity index (χ0v) is 32.9. The van der Waals surface area contributed by atoms with Crippen molar-refractivity contribution in [1.82, 2.24) is 14.5 Å². The molecule has 0 saturated carbocycles. The van der Waals surface area contributed by atoms with Gasteiger partial charge in [0.25, 0.3) is 0 Å². The van der Waals surface area contributed by atoms with Crippen molar-refractivity contribution in [1.29, 1.82) is 0 Å². The predicted molar refractivity (Wildman–Crippen MR) is 245 cm³/mol. The zero-order chi connectivity index (χ0) is 39.5. The van der Waals surface area contributed by atoms with Gasteiger partial charge in [0, 0.05) is 44.3 Å². The van der Waals surface area contributed by atoms with E-state index in [1.807, 2.05) is 12.1 Å². The summed E-state index contributed by atoms with van der Waals surface area (Å²) in [5.41, 5.74) is 16.7. The van der Waals surface area contributed by atoms with Crippen LogP contribution in [0.3, 0.4) is 0 Å². The van der Waals surface area contributed by atoms with Gasteiger partial charge in [-0.25, -0.2) is 9.97 Å². The summed E-state index contributed by atoms with van der Waals surface area (Å²) in [4.78, 5) is 12.7. The van der Waals surface area contributed by atoms with Crippen LogP contribution in [-0.2, 0) is 5.41 Å². The highest BCUT2D eigenvalue weighted by Crippen LogP contribution is 2.52. The molecule has 2 aromatic heterocycles. The average molecular weight is 757 g/mol. The van der Waals surface area contributed by atoms with Gasteiger partial charge in [0.1, 0.15) is 0 Å². The van der Waals surface area contributed by atoms with Crippen molar-refractivity contribution >= 4 is 38.9 Å². The number of nitrogens with zero attached hydrogens (tertiary/aromatic N) is 4. The van der Waals surface area contributed by atoms with Crippen LogP contribution in [-0.4, -0.2) is 14.5 Å². The monoisotopic (exact) mass is 756 g/mol. The third-order valence-electron chi connectivity index (χ3n) is 12.0. The fourth-order valence-electron chi connectivity index (χ4n) is 9.08. The maximum Gasteiger partial charge on any atom is 0.160 e. The van der Waals surface area contributed by atoms with Crippen LogP contribution in [0.5, 0.6) is 0 Å². The third-order valence-corrected chi connectivity index (χ3v) is 12.0. The van der Waals surface area contributed by atoms with E-state index in [4.69, 9.17) is 9.97 Å². The summed E-state index contributed by atoms with van der Waals surface area (Å²) in [7, 11) is 0. The molecule has 0 bridgehead atoms. The van der Waals surface area contributed by atoms with E-state index in [2.05, 4.69) is 217 Å². The zero-order valence-electron chi connectivity index (χ0n) is 32.9. The fourth-order valence-corrected chi connectivity index (χ4v) is 9.08. The average Bonchev–Trinajstić information content (AvgIpc) is 3.63. The Morgan fingerprint density at radius 3 is 1.59 bits per heavy atom. The van der Waals surface area contributed by atoms with Crippen LogP contribution >= 0.6 is 0 Å². The van der Waals surface area contributed by atoms with E-state index in [0.717, 1.165) is 56.1 Å². The van der Waals surface area contributed by atoms with Crippen LogP contribution < -0.4 is 4.90 Å². The number of hydrogen-bond donors (Lipinski definition) is 0. The Morgan fingerprint density at radius 1 is 0.373 bits per heavy atom. The minimum Gasteiger partial charge on any atom is -0.310 e. The predicted octanol–water partition coefficient (Wildman–Crippen LogP) is 14.4. The molecule has 11 rings (SSSR count). The molecular formula is C55H40N4. The van der Waals surface area contributed by atoms with Gasteiger partial charge < -0.3 is 9.47 Å². The van der Waals surface area contributed by atoms with E-state index in [1.165, 1.54) is 38.8 Å². The van der Waals surface area contributed by atoms with Gasteiger partial charge in [0.2, 0.25) is 0 Å². The van der Waals surface area contributed by atoms with Crippen LogP contribution in [0.15, 0.2) is 206 Å². The van der Waals surface area contributed by atoms with Crippen LogP contribution in [0, 0.1) is 0 Å². The standard InChI is InChI=1S/C55H40N4/c1-55(2)46-26-10-13-29-52(46)59(53-30-14-11-27-47(53)55)43-24-16-23-42(35-43)58-50-28-12-9-25-44(50)45-34-40(31-32-51(45)58)39-21-15-22-41(33-39)54-56-48(37-17-5-3-6-18-37)36-49(57-54)38-19-7-4-8-20-38/h3-36H,1-2H3. The van der Waals surface area contributed by atoms with Gasteiger partial charge in [0.15, 0.2) is 5.82 Å². The second-order valence-corrected chi connectivity index (χ2v) is 15.9. The van der Waals surface area contributed by atoms with Gasteiger partial charge in [-0.05, 0) is 82.9 Å². The highest BCUT2D eigenvalue weighted by atomic mass is 15.2. The van der Waals surface area contributed by atoms with Crippen LogP contribution in [0.4, 0.5) is 17.1 Å². The summed E-state index contributed by atoms with van der Waals surface area (Å²) in [6.07, 6.45) is 0. The molecule has 1 aliphatic rings. The molecule has 4 heteroatoms. The Labute approximate surface area is 344 Å². The molecule has 3 heterocycles. The second kappa shape index (κ2) is 13.8. The largest absolute Gasteiger partial charge is 0.310 e. The number of fused-ring (bicyclic) bond motifs is 5. The van der Waals surface area contributed by atoms with Crippen molar-refractivity contribution in [2.24, 2.45) is 0 Å². The molecule has 59 heavy (non-hydrogen) atoms. The lowest BCUT2D eigenvalue weighted by atomic mass is 9.73. The Bertz CT molecular complexity index is 3090. The Morgan fingerprint density at radius 2 is 0.898 bits per heavy atom. The minimum atomic E-state index is -0.115. The highest BCUT2D eigenvalue weighted by molar-refractivity contribution is 6.10. The molecule has 0 fully saturated rings. The summed E-state index contributed by atoms with van der Waals surface area (Å²) >= 11 is 0. The SMILES string of the molecule is CC1(C)c2ccccc2N(c2cccc(-n3c4ccccc4c4cc(-c5cccc(-c6nc(-c7ccccc7)cc(-c7ccccc7)n6)c5)ccc43)c2)c2ccccc21. The molecule has 4 nitrogen and oxygen atoms in total. The first-order chi connectivity index (χ1) is 29.0. The van der Waals surface area contributed by atoms with Gasteiger partial charge in [-0.1, -0.05) is 159 Å². The molecule has 10 aromatic rings. The first-order valence-corrected chi connectivity index (χ1v) is 20.2. The third kappa shape index (κ3) is 5.83. The van der Waals surface area contributed by atoms with E-state index in [9.17, 15) is 0 Å². The molecule has 0 amide bonds. The Kier molecular flexibility index (Phi) is 8.12. The topological polar surface area (TPSA) is 34.0 Å². The number of rotatable bonds is 6. The fraction of sp³-hybridized carbons (Fsp3) is 0.0545. The molecule has 0 aliphatic carbocycles. The molecule has 8 aromatic carbocycles. The van der Waals surface area contributed by atoms with Crippen LogP contribution in [0.25, 0.3) is 72.5 Å². The molecule has 0 radical (unpaired) electrons. The van der Waals surface area contributed by atoms with Gasteiger partial charge in [0.05, 0.1) is 33.8 Å². The Hall–Kier alpha value is -7.56. The van der Waals surface area contributed by atoms with Gasteiger partial charge in [-0.3, -0.25) is 0 Å². The summed E-state index contributed by atoms with van der Waals surface area (Å²) in [5, 5.41) is 2.42. The summed E-state index contributed by atoms with van der Waals surface area (Å²) in [5.74, 6) is 0.701. The van der Waals surface area contributed by atoms with Crippen molar-refractivity contribution in [2.45, 2.75) is 19.3 Å². The second-order valence-electron chi connectivity index (χ2n) is 15.9. The maximum absolute atomic E-state index is 5.12. The summed E-state index contributed by atoms with van der Waals surface area (Å²) in [6.45, 7) is 4.67.